The fraction of sp³-hybridized carbons (Fsp3) is 0.750. The van der Waals surface area contributed by atoms with E-state index in [1.165, 1.54) is 31.2 Å². The quantitative estimate of drug-likeness (QED) is 0.432. The molecule has 1 aromatic rings. The van der Waals surface area contributed by atoms with Crippen LogP contribution >= 0.6 is 0 Å². The Hall–Kier alpha value is -2.08. The van der Waals surface area contributed by atoms with Gasteiger partial charge in [-0.2, -0.15) is 0 Å². The minimum absolute atomic E-state index is 0.0666. The van der Waals surface area contributed by atoms with Crippen molar-refractivity contribution >= 4 is 6.09 Å². The third-order valence-corrected chi connectivity index (χ3v) is 11.6. The molecule has 0 bridgehead atoms. The maximum atomic E-state index is 13.1. The van der Waals surface area contributed by atoms with Crippen molar-refractivity contribution in [2.24, 2.45) is 28.6 Å². The molecule has 0 N–H and O–H groups in total. The Kier molecular flexibility index (Phi) is 6.99. The number of amides is 1. The molecule has 0 spiro atoms. The summed E-state index contributed by atoms with van der Waals surface area (Å²) in [6, 6.07) is 3.56. The molecule has 2 heterocycles. The number of hydrogen-bond acceptors (Lipinski definition) is 5. The molecule has 1 aliphatic heterocycles. The number of allylic oxidation sites excluding steroid dienone is 2. The van der Waals surface area contributed by atoms with Crippen molar-refractivity contribution in [1.82, 2.24) is 9.80 Å². The lowest BCUT2D eigenvalue weighted by Crippen LogP contribution is -2.52. The predicted octanol–water partition coefficient (Wildman–Crippen LogP) is 6.22. The Labute approximate surface area is 227 Å². The van der Waals surface area contributed by atoms with E-state index in [-0.39, 0.29) is 23.2 Å². The zero-order chi connectivity index (χ0) is 26.5. The molecular formula is C32H46N2O4. The van der Waals surface area contributed by atoms with Crippen LogP contribution in [0.3, 0.4) is 0 Å². The maximum absolute atomic E-state index is 13.1. The van der Waals surface area contributed by atoms with E-state index >= 15 is 0 Å². The van der Waals surface area contributed by atoms with E-state index < -0.39 is 0 Å². The van der Waals surface area contributed by atoms with Crippen molar-refractivity contribution in [3.05, 3.63) is 46.0 Å². The SMILES string of the molecule is CN1CCCCN(C(=O)O[C@H]2CC[C@@]3(C)[C@H](CC[C@H]4C5=CC[C@H](c6ccc(=O)oc6)[C@@]5(C)CC[C@@H]43)C2)CC1. The summed E-state index contributed by atoms with van der Waals surface area (Å²) in [5.74, 6) is 2.42. The smallest absolute Gasteiger partial charge is 0.410 e. The zero-order valence-electron chi connectivity index (χ0n) is 23.6. The Morgan fingerprint density at radius 1 is 1.03 bits per heavy atom. The number of carbonyl (C=O) groups excluding carboxylic acids is 1. The molecule has 7 atom stereocenters. The average Bonchev–Trinajstić information content (AvgIpc) is 3.24. The second kappa shape index (κ2) is 10.1. The zero-order valence-corrected chi connectivity index (χ0v) is 23.6. The van der Waals surface area contributed by atoms with Gasteiger partial charge in [0.15, 0.2) is 0 Å². The minimum Gasteiger partial charge on any atom is -0.446 e. The Bertz CT molecular complexity index is 1110. The van der Waals surface area contributed by atoms with E-state index in [0.717, 1.165) is 70.6 Å². The molecule has 5 aliphatic rings. The number of likely N-dealkylation sites (N-methyl/N-ethyl adjacent to an activating group) is 1. The highest BCUT2D eigenvalue weighted by Crippen LogP contribution is 2.67. The van der Waals surface area contributed by atoms with Crippen LogP contribution in [-0.2, 0) is 4.74 Å². The van der Waals surface area contributed by atoms with Gasteiger partial charge in [-0.1, -0.05) is 25.5 Å². The van der Waals surface area contributed by atoms with Crippen LogP contribution in [-0.4, -0.2) is 55.2 Å². The summed E-state index contributed by atoms with van der Waals surface area (Å²) < 4.78 is 11.4. The van der Waals surface area contributed by atoms with Gasteiger partial charge >= 0.3 is 11.7 Å². The standard InChI is InChI=1S/C32H46N2O4/c1-31-14-12-24(38-30(36)34-17-5-4-16-33(3)18-19-34)20-23(31)7-8-25-27-10-9-26(22-6-11-29(35)37-21-22)32(27,2)15-13-28(25)31/h6,10-11,21,23-26,28H,4-5,7-9,12-20H2,1-3H3/t23-,24+,25+,26-,28+,31+,32-/m1/s1. The average molecular weight is 523 g/mol. The van der Waals surface area contributed by atoms with E-state index in [1.807, 2.05) is 11.0 Å². The fourth-order valence-electron chi connectivity index (χ4n) is 9.33. The fourth-order valence-corrected chi connectivity index (χ4v) is 9.33. The Morgan fingerprint density at radius 3 is 2.68 bits per heavy atom. The van der Waals surface area contributed by atoms with Gasteiger partial charge in [0.05, 0.1) is 6.26 Å². The highest BCUT2D eigenvalue weighted by molar-refractivity contribution is 5.67. The summed E-state index contributed by atoms with van der Waals surface area (Å²) >= 11 is 0. The second-order valence-corrected chi connectivity index (χ2v) is 13.6. The first-order chi connectivity index (χ1) is 18.3. The summed E-state index contributed by atoms with van der Waals surface area (Å²) in [4.78, 5) is 28.9. The van der Waals surface area contributed by atoms with Crippen molar-refractivity contribution in [3.63, 3.8) is 0 Å². The van der Waals surface area contributed by atoms with Crippen LogP contribution < -0.4 is 5.63 Å². The van der Waals surface area contributed by atoms with Crippen molar-refractivity contribution < 1.29 is 13.9 Å². The number of nitrogens with zero attached hydrogens (tertiary/aromatic N) is 2. The molecule has 0 radical (unpaired) electrons. The van der Waals surface area contributed by atoms with Crippen LogP contribution in [0.4, 0.5) is 4.79 Å². The van der Waals surface area contributed by atoms with Gasteiger partial charge in [-0.3, -0.25) is 0 Å². The molecule has 6 heteroatoms. The minimum atomic E-state index is -0.268. The first-order valence-corrected chi connectivity index (χ1v) is 15.2. The first-order valence-electron chi connectivity index (χ1n) is 15.2. The van der Waals surface area contributed by atoms with Crippen molar-refractivity contribution in [2.45, 2.75) is 90.1 Å². The lowest BCUT2D eigenvalue weighted by Gasteiger charge is -2.59. The first kappa shape index (κ1) is 26.2. The summed E-state index contributed by atoms with van der Waals surface area (Å²) in [5.41, 5.74) is 3.08. The van der Waals surface area contributed by atoms with Gasteiger partial charge in [0.2, 0.25) is 0 Å². The molecule has 4 aliphatic carbocycles. The largest absolute Gasteiger partial charge is 0.446 e. The monoisotopic (exact) mass is 522 g/mol. The highest BCUT2D eigenvalue weighted by atomic mass is 16.6. The Balaban J connectivity index is 1.11. The van der Waals surface area contributed by atoms with E-state index in [1.54, 1.807) is 17.9 Å². The second-order valence-electron chi connectivity index (χ2n) is 13.6. The number of rotatable bonds is 2. The molecule has 208 valence electrons. The maximum Gasteiger partial charge on any atom is 0.410 e. The van der Waals surface area contributed by atoms with Crippen LogP contribution in [0.5, 0.6) is 0 Å². The molecule has 0 aromatic carbocycles. The van der Waals surface area contributed by atoms with Gasteiger partial charge in [-0.15, -0.1) is 0 Å². The predicted molar refractivity (Wildman–Crippen MR) is 148 cm³/mol. The van der Waals surface area contributed by atoms with Crippen LogP contribution in [0.1, 0.15) is 89.5 Å². The number of hydrogen-bond donors (Lipinski definition) is 0. The molecule has 1 saturated heterocycles. The van der Waals surface area contributed by atoms with Crippen molar-refractivity contribution in [3.8, 4) is 0 Å². The number of ether oxygens (including phenoxy) is 1. The number of fused-ring (bicyclic) bond motifs is 5. The van der Waals surface area contributed by atoms with E-state index in [9.17, 15) is 9.59 Å². The Morgan fingerprint density at radius 2 is 1.87 bits per heavy atom. The van der Waals surface area contributed by atoms with Crippen molar-refractivity contribution in [2.75, 3.05) is 33.2 Å². The van der Waals surface area contributed by atoms with E-state index in [2.05, 4.69) is 31.9 Å². The third-order valence-electron chi connectivity index (χ3n) is 11.6. The number of carbonyl (C=O) groups is 1. The molecule has 4 fully saturated rings. The summed E-state index contributed by atoms with van der Waals surface area (Å²) in [6.45, 7) is 8.67. The van der Waals surface area contributed by atoms with Crippen molar-refractivity contribution in [1.29, 1.82) is 0 Å². The van der Waals surface area contributed by atoms with Crippen LogP contribution in [0.2, 0.25) is 0 Å². The van der Waals surface area contributed by atoms with Crippen LogP contribution in [0.15, 0.2) is 39.3 Å². The summed E-state index contributed by atoms with van der Waals surface area (Å²) in [5, 5.41) is 0. The molecule has 1 amide bonds. The van der Waals surface area contributed by atoms with Gasteiger partial charge < -0.3 is 19.0 Å². The molecular weight excluding hydrogens is 476 g/mol. The van der Waals surface area contributed by atoms with Gasteiger partial charge in [-0.25, -0.2) is 9.59 Å². The van der Waals surface area contributed by atoms with Gasteiger partial charge in [-0.05, 0) is 124 Å². The summed E-state index contributed by atoms with van der Waals surface area (Å²) in [6.07, 6.45) is 15.6. The van der Waals surface area contributed by atoms with E-state index in [0.29, 0.717) is 23.2 Å². The molecule has 6 rings (SSSR count). The third kappa shape index (κ3) is 4.55. The van der Waals surface area contributed by atoms with Gasteiger partial charge in [0.1, 0.15) is 6.10 Å². The van der Waals surface area contributed by atoms with E-state index in [4.69, 9.17) is 9.15 Å². The lowest BCUT2D eigenvalue weighted by atomic mass is 9.46. The molecule has 3 saturated carbocycles. The summed E-state index contributed by atoms with van der Waals surface area (Å²) in [7, 11) is 2.14. The normalized spacial score (nSPS) is 39.7. The van der Waals surface area contributed by atoms with Gasteiger partial charge in [0, 0.05) is 25.7 Å². The molecule has 6 nitrogen and oxygen atoms in total. The lowest BCUT2D eigenvalue weighted by molar-refractivity contribution is -0.0873. The van der Waals surface area contributed by atoms with Crippen LogP contribution in [0, 0.1) is 28.6 Å². The van der Waals surface area contributed by atoms with Gasteiger partial charge in [0.25, 0.3) is 0 Å². The highest BCUT2D eigenvalue weighted by Gasteiger charge is 2.58. The van der Waals surface area contributed by atoms with Crippen LogP contribution in [0.25, 0.3) is 0 Å². The molecule has 0 unspecified atom stereocenters. The topological polar surface area (TPSA) is 63.0 Å². The molecule has 38 heavy (non-hydrogen) atoms. The molecule has 1 aromatic heterocycles.